The van der Waals surface area contributed by atoms with Crippen LogP contribution < -0.4 is 10.2 Å². The number of carbonyl (C=O) groups is 2. The van der Waals surface area contributed by atoms with E-state index in [-0.39, 0.29) is 5.91 Å². The van der Waals surface area contributed by atoms with Crippen LogP contribution in [-0.2, 0) is 4.79 Å². The van der Waals surface area contributed by atoms with E-state index >= 15 is 0 Å². The van der Waals surface area contributed by atoms with Crippen molar-refractivity contribution >= 4 is 17.6 Å². The minimum atomic E-state index is -0.469. The number of nitrogens with one attached hydrogen (secondary N) is 1. The first kappa shape index (κ1) is 11.2. The van der Waals surface area contributed by atoms with Gasteiger partial charge in [-0.15, -0.1) is 0 Å². The quantitative estimate of drug-likeness (QED) is 0.827. The lowest BCUT2D eigenvalue weighted by Gasteiger charge is -2.46. The number of amides is 3. The van der Waals surface area contributed by atoms with Gasteiger partial charge in [-0.3, -0.25) is 4.79 Å². The van der Waals surface area contributed by atoms with Crippen LogP contribution in [0.25, 0.3) is 0 Å². The Kier molecular flexibility index (Phi) is 2.36. The Balaban J connectivity index is 1.98. The molecule has 5 heteroatoms. The molecule has 94 valence electrons. The van der Waals surface area contributed by atoms with E-state index in [1.165, 1.54) is 18.2 Å². The molecular weight excluding hydrogens is 235 g/mol. The number of benzene rings is 1. The first-order chi connectivity index (χ1) is 8.62. The zero-order chi connectivity index (χ0) is 12.8. The van der Waals surface area contributed by atoms with Gasteiger partial charge >= 0.3 is 6.03 Å². The molecular formula is C13H13FN2O2. The Morgan fingerprint density at radius 2 is 2.06 bits per heavy atom. The minimum Gasteiger partial charge on any atom is -0.336 e. The SMILES string of the molecule is O=C1NCC2(CCC2)C(=O)N1c1cccc(F)c1. The summed E-state index contributed by atoms with van der Waals surface area (Å²) in [6.07, 6.45) is 2.58. The van der Waals surface area contributed by atoms with Crippen molar-refractivity contribution in [1.29, 1.82) is 0 Å². The van der Waals surface area contributed by atoms with Gasteiger partial charge in [0.1, 0.15) is 5.82 Å². The van der Waals surface area contributed by atoms with Crippen molar-refractivity contribution in [2.75, 3.05) is 11.4 Å². The van der Waals surface area contributed by atoms with Gasteiger partial charge < -0.3 is 5.32 Å². The molecule has 0 aromatic heterocycles. The summed E-state index contributed by atoms with van der Waals surface area (Å²) in [5, 5.41) is 2.72. The minimum absolute atomic E-state index is 0.205. The lowest BCUT2D eigenvalue weighted by atomic mass is 9.67. The number of halogens is 1. The molecule has 1 aliphatic carbocycles. The highest BCUT2D eigenvalue weighted by molar-refractivity contribution is 6.18. The van der Waals surface area contributed by atoms with Crippen molar-refractivity contribution in [2.45, 2.75) is 19.3 Å². The molecule has 2 aliphatic rings. The summed E-state index contributed by atoms with van der Waals surface area (Å²) >= 11 is 0. The van der Waals surface area contributed by atoms with Gasteiger partial charge in [0, 0.05) is 6.54 Å². The maximum Gasteiger partial charge on any atom is 0.328 e. The second-order valence-corrected chi connectivity index (χ2v) is 4.91. The third-order valence-electron chi connectivity index (χ3n) is 3.81. The molecule has 3 rings (SSSR count). The van der Waals surface area contributed by atoms with Crippen LogP contribution in [0.2, 0.25) is 0 Å². The summed E-state index contributed by atoms with van der Waals surface area (Å²) in [7, 11) is 0. The summed E-state index contributed by atoms with van der Waals surface area (Å²) in [6, 6.07) is 5.08. The fourth-order valence-electron chi connectivity index (χ4n) is 2.57. The lowest BCUT2D eigenvalue weighted by molar-refractivity contribution is -0.132. The molecule has 1 N–H and O–H groups in total. The molecule has 18 heavy (non-hydrogen) atoms. The van der Waals surface area contributed by atoms with Crippen molar-refractivity contribution in [2.24, 2.45) is 5.41 Å². The van der Waals surface area contributed by atoms with Crippen LogP contribution in [0.1, 0.15) is 19.3 Å². The molecule has 1 aromatic carbocycles. The molecule has 1 heterocycles. The first-order valence-corrected chi connectivity index (χ1v) is 6.00. The molecule has 0 unspecified atom stereocenters. The molecule has 0 bridgehead atoms. The second-order valence-electron chi connectivity index (χ2n) is 4.91. The predicted octanol–water partition coefficient (Wildman–Crippen LogP) is 2.05. The van der Waals surface area contributed by atoms with Crippen molar-refractivity contribution in [3.05, 3.63) is 30.1 Å². The standard InChI is InChI=1S/C13H13FN2O2/c14-9-3-1-4-10(7-9)16-11(17)13(5-2-6-13)8-15-12(16)18/h1,3-4,7H,2,5-6,8H2,(H,15,18). The summed E-state index contributed by atoms with van der Waals surface area (Å²) in [5.41, 5.74) is -0.163. The summed E-state index contributed by atoms with van der Waals surface area (Å²) < 4.78 is 13.2. The van der Waals surface area contributed by atoms with Gasteiger partial charge in [-0.1, -0.05) is 12.5 Å². The van der Waals surface area contributed by atoms with Crippen LogP contribution in [0.5, 0.6) is 0 Å². The highest BCUT2D eigenvalue weighted by Crippen LogP contribution is 2.44. The van der Waals surface area contributed by atoms with Crippen LogP contribution in [-0.4, -0.2) is 18.5 Å². The van der Waals surface area contributed by atoms with Crippen LogP contribution in [0.4, 0.5) is 14.9 Å². The predicted molar refractivity (Wildman–Crippen MR) is 63.6 cm³/mol. The topological polar surface area (TPSA) is 49.4 Å². The number of hydrogen-bond donors (Lipinski definition) is 1. The van der Waals surface area contributed by atoms with Crippen molar-refractivity contribution in [3.63, 3.8) is 0 Å². The highest BCUT2D eigenvalue weighted by Gasteiger charge is 2.51. The Bertz CT molecular complexity index is 525. The monoisotopic (exact) mass is 248 g/mol. The van der Waals surface area contributed by atoms with Crippen molar-refractivity contribution in [1.82, 2.24) is 5.32 Å². The largest absolute Gasteiger partial charge is 0.336 e. The van der Waals surface area contributed by atoms with Gasteiger partial charge in [0.2, 0.25) is 5.91 Å². The molecule has 1 saturated heterocycles. The molecule has 4 nitrogen and oxygen atoms in total. The normalized spacial score (nSPS) is 21.7. The van der Waals surface area contributed by atoms with Crippen LogP contribution in [0, 0.1) is 11.2 Å². The van der Waals surface area contributed by atoms with E-state index in [1.807, 2.05) is 0 Å². The number of urea groups is 1. The number of nitrogens with zero attached hydrogens (tertiary/aromatic N) is 1. The zero-order valence-corrected chi connectivity index (χ0v) is 9.78. The number of anilines is 1. The van der Waals surface area contributed by atoms with Crippen molar-refractivity contribution in [3.8, 4) is 0 Å². The third-order valence-corrected chi connectivity index (χ3v) is 3.81. The molecule has 2 fully saturated rings. The zero-order valence-electron chi connectivity index (χ0n) is 9.78. The van der Waals surface area contributed by atoms with E-state index < -0.39 is 17.3 Å². The molecule has 1 aliphatic heterocycles. The van der Waals surface area contributed by atoms with Gasteiger partial charge in [0.05, 0.1) is 11.1 Å². The maximum atomic E-state index is 13.2. The second kappa shape index (κ2) is 3.80. The van der Waals surface area contributed by atoms with Gasteiger partial charge in [0.25, 0.3) is 0 Å². The Labute approximate surface area is 104 Å². The summed E-state index contributed by atoms with van der Waals surface area (Å²) in [4.78, 5) is 25.3. The van der Waals surface area contributed by atoms with Crippen LogP contribution in [0.3, 0.4) is 0 Å². The molecule has 1 spiro atoms. The maximum absolute atomic E-state index is 13.2. The van der Waals surface area contributed by atoms with Gasteiger partial charge in [0.15, 0.2) is 0 Å². The smallest absolute Gasteiger partial charge is 0.328 e. The molecule has 0 radical (unpaired) electrons. The Morgan fingerprint density at radius 1 is 1.28 bits per heavy atom. The molecule has 1 saturated carbocycles. The summed E-state index contributed by atoms with van der Waals surface area (Å²) in [6.45, 7) is 0.399. The van der Waals surface area contributed by atoms with Gasteiger partial charge in [-0.05, 0) is 31.0 Å². The Hall–Kier alpha value is -1.91. The molecule has 0 atom stereocenters. The van der Waals surface area contributed by atoms with E-state index in [0.717, 1.165) is 24.2 Å². The first-order valence-electron chi connectivity index (χ1n) is 6.00. The van der Waals surface area contributed by atoms with E-state index in [0.29, 0.717) is 12.2 Å². The molecule has 3 amide bonds. The lowest BCUT2D eigenvalue weighted by Crippen LogP contribution is -2.63. The van der Waals surface area contributed by atoms with E-state index in [1.54, 1.807) is 6.07 Å². The fraction of sp³-hybridized carbons (Fsp3) is 0.385. The van der Waals surface area contributed by atoms with Gasteiger partial charge in [-0.25, -0.2) is 14.1 Å². The fourth-order valence-corrected chi connectivity index (χ4v) is 2.57. The summed E-state index contributed by atoms with van der Waals surface area (Å²) in [5.74, 6) is -0.663. The third kappa shape index (κ3) is 1.50. The van der Waals surface area contributed by atoms with Crippen molar-refractivity contribution < 1.29 is 14.0 Å². The van der Waals surface area contributed by atoms with E-state index in [2.05, 4.69) is 5.32 Å². The number of rotatable bonds is 1. The molecule has 1 aromatic rings. The highest BCUT2D eigenvalue weighted by atomic mass is 19.1. The number of carbonyl (C=O) groups excluding carboxylic acids is 2. The van der Waals surface area contributed by atoms with E-state index in [4.69, 9.17) is 0 Å². The van der Waals surface area contributed by atoms with Crippen LogP contribution in [0.15, 0.2) is 24.3 Å². The Morgan fingerprint density at radius 3 is 2.67 bits per heavy atom. The number of imide groups is 1. The van der Waals surface area contributed by atoms with E-state index in [9.17, 15) is 14.0 Å². The van der Waals surface area contributed by atoms with Crippen LogP contribution >= 0.6 is 0 Å². The average molecular weight is 248 g/mol. The number of hydrogen-bond acceptors (Lipinski definition) is 2. The average Bonchev–Trinajstić information content (AvgIpc) is 2.27. The van der Waals surface area contributed by atoms with Gasteiger partial charge in [-0.2, -0.15) is 0 Å².